The van der Waals surface area contributed by atoms with Crippen LogP contribution in [0, 0.1) is 57.8 Å². The largest absolute Gasteiger partial charge is 0.493 e. The first kappa shape index (κ1) is 62.3. The van der Waals surface area contributed by atoms with Gasteiger partial charge in [-0.3, -0.25) is 9.59 Å². The molecular formula is C66H68F2N10O8S2. The monoisotopic (exact) mass is 1230 g/mol. The third-order valence-corrected chi connectivity index (χ3v) is 16.8. The van der Waals surface area contributed by atoms with Gasteiger partial charge in [-0.15, -0.1) is 0 Å². The van der Waals surface area contributed by atoms with Gasteiger partial charge in [-0.25, -0.2) is 28.7 Å². The van der Waals surface area contributed by atoms with Gasteiger partial charge in [0, 0.05) is 80.0 Å². The van der Waals surface area contributed by atoms with Gasteiger partial charge in [-0.2, -0.15) is 5.26 Å². The van der Waals surface area contributed by atoms with E-state index in [1.54, 1.807) is 43.9 Å². The normalized spacial score (nSPS) is 19.2. The molecular weight excluding hydrogens is 1160 g/mol. The topological polar surface area (TPSA) is 221 Å². The summed E-state index contributed by atoms with van der Waals surface area (Å²) in [6, 6.07) is 34.4. The van der Waals surface area contributed by atoms with Gasteiger partial charge < -0.3 is 54.6 Å². The average Bonchev–Trinajstić information content (AvgIpc) is 1.66. The number of rotatable bonds is 17. The molecule has 22 heteroatoms. The molecule has 4 atom stereocenters. The summed E-state index contributed by atoms with van der Waals surface area (Å²) >= 11 is 5.92. The number of thioether (sulfide) groups is 1. The summed E-state index contributed by atoms with van der Waals surface area (Å²) in [6.07, 6.45) is 8.04. The Morgan fingerprint density at radius 3 is 1.55 bits per heavy atom. The summed E-state index contributed by atoms with van der Waals surface area (Å²) in [6.45, 7) is 5.99. The number of nitrogen functional groups attached to an aromatic ring is 1. The van der Waals surface area contributed by atoms with E-state index in [0.29, 0.717) is 99.4 Å². The van der Waals surface area contributed by atoms with Gasteiger partial charge in [0.1, 0.15) is 18.1 Å². The van der Waals surface area contributed by atoms with Crippen molar-refractivity contribution in [1.29, 1.82) is 5.26 Å². The number of amides is 1. The van der Waals surface area contributed by atoms with Crippen LogP contribution in [-0.4, -0.2) is 114 Å². The smallest absolute Gasteiger partial charge is 0.230 e. The van der Waals surface area contributed by atoms with Crippen LogP contribution in [0.3, 0.4) is 0 Å². The van der Waals surface area contributed by atoms with E-state index in [4.69, 9.17) is 51.6 Å². The number of nitrogens with zero attached hydrogens (tertiary/aromatic N) is 7. The molecule has 4 unspecified atom stereocenters. The van der Waals surface area contributed by atoms with E-state index in [2.05, 4.69) is 54.5 Å². The predicted octanol–water partition coefficient (Wildman–Crippen LogP) is 11.7. The molecule has 88 heavy (non-hydrogen) atoms. The second-order valence-corrected chi connectivity index (χ2v) is 23.9. The van der Waals surface area contributed by atoms with E-state index in [0.717, 1.165) is 34.8 Å². The molecule has 0 radical (unpaired) electrons. The van der Waals surface area contributed by atoms with Crippen LogP contribution in [0.15, 0.2) is 134 Å². The van der Waals surface area contributed by atoms with Gasteiger partial charge in [0.05, 0.1) is 55.7 Å². The predicted molar refractivity (Wildman–Crippen MR) is 338 cm³/mol. The Morgan fingerprint density at radius 2 is 1.09 bits per heavy atom. The van der Waals surface area contributed by atoms with Crippen LogP contribution < -0.4 is 44.8 Å². The zero-order valence-electron chi connectivity index (χ0n) is 49.2. The lowest BCUT2D eigenvalue weighted by molar-refractivity contribution is -0.119. The first-order valence-electron chi connectivity index (χ1n) is 28.9. The summed E-state index contributed by atoms with van der Waals surface area (Å²) in [5.41, 5.74) is 9.33. The van der Waals surface area contributed by atoms with Crippen molar-refractivity contribution in [2.24, 2.45) is 35.5 Å². The van der Waals surface area contributed by atoms with Crippen molar-refractivity contribution < 1.29 is 46.8 Å². The number of benzene rings is 6. The van der Waals surface area contributed by atoms with Crippen molar-refractivity contribution in [2.45, 2.75) is 38.5 Å². The van der Waals surface area contributed by atoms with Gasteiger partial charge in [0.2, 0.25) is 22.8 Å². The maximum absolute atomic E-state index is 15.1. The number of carbonyl (C=O) groups is 2. The van der Waals surface area contributed by atoms with Crippen LogP contribution in [0.2, 0.25) is 0 Å². The van der Waals surface area contributed by atoms with E-state index in [9.17, 15) is 14.0 Å². The molecule has 2 saturated heterocycles. The molecule has 12 rings (SSSR count). The second-order valence-electron chi connectivity index (χ2n) is 22.6. The molecule has 4 aliphatic rings. The first-order chi connectivity index (χ1) is 42.7. The van der Waals surface area contributed by atoms with Crippen LogP contribution in [0.4, 0.5) is 20.2 Å². The molecule has 8 aromatic rings. The number of fused-ring (bicyclic) bond motifs is 4. The standard InChI is InChI=1S/C33H34FN5O4S.C24H27FN4O3.C9H7NOS/c1-39-16-22-10-21(11-23(22)17-39)18-42-30-15-27-25(14-29(30)41-2)32(36-19-35-27)43-28-9-8-24(13-26(28)34)37-33(44)38-31(40)12-20-6-4-3-5-7-20;1-29-10-15-5-14(6-16(15)11-29)12-31-23-9-20-18(8-22(23)30-2)24(28-13-27-20)32-21-4-3-17(26)7-19(21)25;10-7-12-9(11)6-8-4-2-1-3-5-8/h3-9,13-15,19,21-23H,10-12,16-18H2,1-2H3,(H2,37,38,40,44);3-4,7-9,13-16H,5-6,10-12,26H2,1-2H3;1-5H,6H2. The summed E-state index contributed by atoms with van der Waals surface area (Å²) in [5, 5.41) is 16.5. The molecule has 0 bridgehead atoms. The number of methoxy groups -OCH3 is 2. The van der Waals surface area contributed by atoms with Crippen molar-refractivity contribution >= 4 is 73.3 Å². The number of halogens is 2. The minimum Gasteiger partial charge on any atom is -0.493 e. The van der Waals surface area contributed by atoms with Crippen LogP contribution in [0.5, 0.6) is 46.3 Å². The van der Waals surface area contributed by atoms with Crippen molar-refractivity contribution in [2.75, 3.05) is 78.8 Å². The highest BCUT2D eigenvalue weighted by molar-refractivity contribution is 8.17. The molecule has 2 aliphatic heterocycles. The fourth-order valence-electron chi connectivity index (χ4n) is 12.2. The lowest BCUT2D eigenvalue weighted by Crippen LogP contribution is -2.35. The summed E-state index contributed by atoms with van der Waals surface area (Å²) < 4.78 is 64.6. The van der Waals surface area contributed by atoms with E-state index in [1.807, 2.05) is 72.8 Å². The number of nitriles is 1. The molecule has 6 aromatic carbocycles. The number of nitrogens with one attached hydrogen (secondary N) is 2. The number of anilines is 2. The van der Waals surface area contributed by atoms with Gasteiger partial charge in [-0.05, 0) is 135 Å². The number of hydrogen-bond donors (Lipinski definition) is 3. The Morgan fingerprint density at radius 1 is 0.625 bits per heavy atom. The van der Waals surface area contributed by atoms with E-state index >= 15 is 4.39 Å². The lowest BCUT2D eigenvalue weighted by atomic mass is 10.0. The summed E-state index contributed by atoms with van der Waals surface area (Å²) in [5.74, 6) is 5.42. The Balaban J connectivity index is 0.000000169. The van der Waals surface area contributed by atoms with Crippen LogP contribution >= 0.6 is 24.0 Å². The Bertz CT molecular complexity index is 3790. The molecule has 2 saturated carbocycles. The van der Waals surface area contributed by atoms with Gasteiger partial charge in [-0.1, -0.05) is 60.7 Å². The van der Waals surface area contributed by atoms with E-state index in [1.165, 1.54) is 88.8 Å². The van der Waals surface area contributed by atoms with Crippen molar-refractivity contribution in [1.82, 2.24) is 35.1 Å². The highest BCUT2D eigenvalue weighted by Gasteiger charge is 2.41. The number of aromatic nitrogens is 4. The Kier molecular flexibility index (Phi) is 20.7. The SMILES string of the molecule is COc1cc2c(Oc3ccc(N)cc3F)ncnc2cc1OCC1CC2CN(C)CC2C1.COc1cc2c(Oc3ccc(NC(=S)NC(=O)Cc4ccccc4)cc3F)ncnc2cc1OCC1CC2CN(C)CC2C1.N#CSC(=O)Cc1ccccc1. The third kappa shape index (κ3) is 16.3. The molecule has 4 heterocycles. The first-order valence-corrected chi connectivity index (χ1v) is 30.2. The number of thiocarbonyl (C=S) groups is 1. The molecule has 4 N–H and O–H groups in total. The Labute approximate surface area is 519 Å². The van der Waals surface area contributed by atoms with Crippen molar-refractivity contribution in [3.05, 3.63) is 157 Å². The summed E-state index contributed by atoms with van der Waals surface area (Å²) in [7, 11) is 7.56. The van der Waals surface area contributed by atoms with Gasteiger partial charge in [0.25, 0.3) is 0 Å². The van der Waals surface area contributed by atoms with Crippen molar-refractivity contribution in [3.8, 4) is 51.7 Å². The minimum absolute atomic E-state index is 0.0358. The van der Waals surface area contributed by atoms with Crippen LogP contribution in [0.25, 0.3) is 21.8 Å². The Hall–Kier alpha value is -8.75. The lowest BCUT2D eigenvalue weighted by Gasteiger charge is -2.17. The average molecular weight is 1230 g/mol. The number of nitrogens with two attached hydrogens (primary N) is 1. The molecule has 2 aliphatic carbocycles. The van der Waals surface area contributed by atoms with Crippen molar-refractivity contribution in [3.63, 3.8) is 0 Å². The quantitative estimate of drug-likeness (QED) is 0.0438. The number of likely N-dealkylation sites (tertiary alicyclic amines) is 2. The maximum atomic E-state index is 15.1. The number of thiocyanates is 1. The highest BCUT2D eigenvalue weighted by atomic mass is 32.2. The highest BCUT2D eigenvalue weighted by Crippen LogP contribution is 2.45. The summed E-state index contributed by atoms with van der Waals surface area (Å²) in [4.78, 5) is 45.3. The fraction of sp³-hybridized carbons (Fsp3) is 0.333. The molecule has 18 nitrogen and oxygen atoms in total. The molecule has 0 spiro atoms. The maximum Gasteiger partial charge on any atom is 0.230 e. The second kappa shape index (κ2) is 29.3. The molecule has 2 aromatic heterocycles. The zero-order chi connectivity index (χ0) is 61.7. The van der Waals surface area contributed by atoms with Gasteiger partial charge >= 0.3 is 0 Å². The molecule has 1 amide bonds. The van der Waals surface area contributed by atoms with Gasteiger partial charge in [0.15, 0.2) is 51.2 Å². The number of ether oxygens (including phenoxy) is 6. The molecule has 456 valence electrons. The van der Waals surface area contributed by atoms with Crippen LogP contribution in [0.1, 0.15) is 36.8 Å². The number of carbonyl (C=O) groups excluding carboxylic acids is 2. The van der Waals surface area contributed by atoms with E-state index in [-0.39, 0.29) is 45.8 Å². The van der Waals surface area contributed by atoms with Crippen LogP contribution in [-0.2, 0) is 22.4 Å². The third-order valence-electron chi connectivity index (χ3n) is 16.2. The number of hydrogen-bond acceptors (Lipinski definition) is 18. The van der Waals surface area contributed by atoms with E-state index < -0.39 is 11.6 Å². The minimum atomic E-state index is -0.639. The fourth-order valence-corrected chi connectivity index (χ4v) is 12.8. The zero-order valence-corrected chi connectivity index (χ0v) is 50.8. The molecule has 4 fully saturated rings.